The van der Waals surface area contributed by atoms with Crippen molar-refractivity contribution >= 4 is 34.3 Å². The van der Waals surface area contributed by atoms with Crippen LogP contribution in [0.5, 0.6) is 5.75 Å². The fraction of sp³-hybridized carbons (Fsp3) is 0.318. The number of ether oxygens (including phenoxy) is 2. The van der Waals surface area contributed by atoms with Gasteiger partial charge in [0, 0.05) is 19.8 Å². The molecule has 0 fully saturated rings. The van der Waals surface area contributed by atoms with Gasteiger partial charge >= 0.3 is 6.61 Å². The molecule has 0 saturated heterocycles. The van der Waals surface area contributed by atoms with Crippen LogP contribution in [0, 0.1) is 0 Å². The van der Waals surface area contributed by atoms with E-state index in [9.17, 15) is 18.4 Å². The van der Waals surface area contributed by atoms with E-state index in [1.54, 1.807) is 30.3 Å². The Bertz CT molecular complexity index is 1120. The minimum Gasteiger partial charge on any atom is -0.433 e. The monoisotopic (exact) mass is 463 g/mol. The van der Waals surface area contributed by atoms with Crippen molar-refractivity contribution in [2.75, 3.05) is 24.3 Å². The van der Waals surface area contributed by atoms with Gasteiger partial charge in [-0.2, -0.15) is 8.78 Å². The smallest absolute Gasteiger partial charge is 0.387 e. The first-order valence-corrected chi connectivity index (χ1v) is 11.0. The van der Waals surface area contributed by atoms with Crippen LogP contribution in [0.15, 0.2) is 58.5 Å². The molecule has 0 radical (unpaired) electrons. The molecule has 3 rings (SSSR count). The topological polar surface area (TPSA) is 82.4 Å². The summed E-state index contributed by atoms with van der Waals surface area (Å²) >= 11 is 1.10. The zero-order valence-corrected chi connectivity index (χ0v) is 18.2. The summed E-state index contributed by atoms with van der Waals surface area (Å²) < 4.78 is 36.5. The summed E-state index contributed by atoms with van der Waals surface area (Å²) in [5, 5.41) is 3.46. The van der Waals surface area contributed by atoms with Crippen LogP contribution >= 0.6 is 11.8 Å². The lowest BCUT2D eigenvalue weighted by Crippen LogP contribution is -2.25. The van der Waals surface area contributed by atoms with Gasteiger partial charge in [0.1, 0.15) is 5.75 Å². The van der Waals surface area contributed by atoms with Gasteiger partial charge in [-0.05, 0) is 37.6 Å². The van der Waals surface area contributed by atoms with Gasteiger partial charge in [-0.3, -0.25) is 14.2 Å². The van der Waals surface area contributed by atoms with Crippen LogP contribution in [0.1, 0.15) is 13.3 Å². The second-order valence-corrected chi connectivity index (χ2v) is 7.57. The van der Waals surface area contributed by atoms with Crippen molar-refractivity contribution in [2.24, 2.45) is 0 Å². The van der Waals surface area contributed by atoms with E-state index in [4.69, 9.17) is 4.74 Å². The highest BCUT2D eigenvalue weighted by molar-refractivity contribution is 7.99. The lowest BCUT2D eigenvalue weighted by atomic mass is 10.2. The Kier molecular flexibility index (Phi) is 8.57. The maximum absolute atomic E-state index is 13.0. The molecule has 1 amide bonds. The number of nitrogens with zero attached hydrogens (tertiary/aromatic N) is 2. The summed E-state index contributed by atoms with van der Waals surface area (Å²) in [6.07, 6.45) is 0.617. The number of carbonyl (C=O) groups is 1. The van der Waals surface area contributed by atoms with Gasteiger partial charge in [-0.1, -0.05) is 36.0 Å². The number of carbonyl (C=O) groups excluding carboxylic acids is 1. The Balaban J connectivity index is 1.76. The SMILES string of the molecule is CCOCCCn1c(SCC(=O)Nc2ccccc2OC(F)F)nc2ccccc2c1=O. The van der Waals surface area contributed by atoms with Crippen molar-refractivity contribution in [1.82, 2.24) is 9.55 Å². The van der Waals surface area contributed by atoms with E-state index in [1.165, 1.54) is 22.8 Å². The number of amides is 1. The molecule has 2 aromatic carbocycles. The minimum absolute atomic E-state index is 0.0702. The number of fused-ring (bicyclic) bond motifs is 1. The Hall–Kier alpha value is -2.98. The molecule has 7 nitrogen and oxygen atoms in total. The first-order valence-electron chi connectivity index (χ1n) is 10.0. The molecule has 32 heavy (non-hydrogen) atoms. The van der Waals surface area contributed by atoms with Gasteiger partial charge in [-0.15, -0.1) is 0 Å². The minimum atomic E-state index is -3.00. The fourth-order valence-electron chi connectivity index (χ4n) is 3.01. The zero-order chi connectivity index (χ0) is 22.9. The molecule has 0 bridgehead atoms. The third kappa shape index (κ3) is 6.27. The van der Waals surface area contributed by atoms with E-state index in [1.807, 2.05) is 6.92 Å². The van der Waals surface area contributed by atoms with Gasteiger partial charge in [0.15, 0.2) is 5.16 Å². The number of thioether (sulfide) groups is 1. The number of hydrogen-bond donors (Lipinski definition) is 1. The average molecular weight is 464 g/mol. The lowest BCUT2D eigenvalue weighted by molar-refractivity contribution is -0.113. The number of aromatic nitrogens is 2. The van der Waals surface area contributed by atoms with Crippen LogP contribution in [0.4, 0.5) is 14.5 Å². The normalized spacial score (nSPS) is 11.1. The molecule has 0 spiro atoms. The summed E-state index contributed by atoms with van der Waals surface area (Å²) in [4.78, 5) is 30.0. The van der Waals surface area contributed by atoms with Crippen LogP contribution in [0.3, 0.4) is 0 Å². The standard InChI is InChI=1S/C22H23F2N3O4S/c1-2-30-13-7-12-27-20(29)15-8-3-4-9-16(15)26-22(27)32-14-19(28)25-17-10-5-6-11-18(17)31-21(23)24/h3-6,8-11,21H,2,7,12-14H2,1H3,(H,25,28). The third-order valence-electron chi connectivity index (χ3n) is 4.41. The number of hydrogen-bond acceptors (Lipinski definition) is 6. The van der Waals surface area contributed by atoms with E-state index in [2.05, 4.69) is 15.0 Å². The van der Waals surface area contributed by atoms with E-state index < -0.39 is 12.5 Å². The molecule has 10 heteroatoms. The molecule has 0 saturated carbocycles. The molecule has 0 aliphatic rings. The van der Waals surface area contributed by atoms with E-state index in [-0.39, 0.29) is 22.7 Å². The number of anilines is 1. The molecule has 3 aromatic rings. The molecule has 0 atom stereocenters. The number of alkyl halides is 2. The average Bonchev–Trinajstić information content (AvgIpc) is 2.77. The molecular formula is C22H23F2N3O4S. The van der Waals surface area contributed by atoms with Gasteiger partial charge in [0.25, 0.3) is 5.56 Å². The highest BCUT2D eigenvalue weighted by Crippen LogP contribution is 2.26. The Morgan fingerprint density at radius 1 is 1.19 bits per heavy atom. The second-order valence-electron chi connectivity index (χ2n) is 6.63. The number of rotatable bonds is 11. The zero-order valence-electron chi connectivity index (χ0n) is 17.4. The summed E-state index contributed by atoms with van der Waals surface area (Å²) in [5.74, 6) is -0.639. The first kappa shape index (κ1) is 23.7. The van der Waals surface area contributed by atoms with E-state index in [0.717, 1.165) is 11.8 Å². The van der Waals surface area contributed by atoms with Gasteiger partial charge in [0.2, 0.25) is 5.91 Å². The van der Waals surface area contributed by atoms with Crippen molar-refractivity contribution in [2.45, 2.75) is 31.7 Å². The molecule has 1 N–H and O–H groups in total. The number of nitrogens with one attached hydrogen (secondary N) is 1. The summed E-state index contributed by atoms with van der Waals surface area (Å²) in [6.45, 7) is 0.375. The van der Waals surface area contributed by atoms with Crippen LogP contribution in [0.2, 0.25) is 0 Å². The molecular weight excluding hydrogens is 440 g/mol. The van der Waals surface area contributed by atoms with Gasteiger partial charge < -0.3 is 14.8 Å². The van der Waals surface area contributed by atoms with Crippen molar-refractivity contribution in [1.29, 1.82) is 0 Å². The summed E-state index contributed by atoms with van der Waals surface area (Å²) in [7, 11) is 0. The molecule has 1 heterocycles. The lowest BCUT2D eigenvalue weighted by Gasteiger charge is -2.14. The molecule has 170 valence electrons. The van der Waals surface area contributed by atoms with Crippen LogP contribution in [-0.2, 0) is 16.1 Å². The first-order chi connectivity index (χ1) is 15.5. The van der Waals surface area contributed by atoms with Crippen molar-refractivity contribution in [3.05, 3.63) is 58.9 Å². The maximum atomic E-state index is 13.0. The Labute approximate surface area is 187 Å². The summed E-state index contributed by atoms with van der Waals surface area (Å²) in [5.41, 5.74) is 0.488. The number of halogens is 2. The molecule has 0 aliphatic heterocycles. The second kappa shape index (κ2) is 11.6. The van der Waals surface area contributed by atoms with Crippen LogP contribution in [0.25, 0.3) is 10.9 Å². The van der Waals surface area contributed by atoms with E-state index in [0.29, 0.717) is 42.2 Å². The molecule has 0 aliphatic carbocycles. The van der Waals surface area contributed by atoms with E-state index >= 15 is 0 Å². The fourth-order valence-corrected chi connectivity index (χ4v) is 3.83. The van der Waals surface area contributed by atoms with Gasteiger partial charge in [-0.25, -0.2) is 4.98 Å². The van der Waals surface area contributed by atoms with Crippen molar-refractivity contribution in [3.63, 3.8) is 0 Å². The Morgan fingerprint density at radius 2 is 1.94 bits per heavy atom. The largest absolute Gasteiger partial charge is 0.433 e. The predicted molar refractivity (Wildman–Crippen MR) is 120 cm³/mol. The van der Waals surface area contributed by atoms with Crippen LogP contribution < -0.4 is 15.6 Å². The number of benzene rings is 2. The predicted octanol–water partition coefficient (Wildman–Crippen LogP) is 4.16. The molecule has 0 unspecified atom stereocenters. The van der Waals surface area contributed by atoms with Gasteiger partial charge in [0.05, 0.1) is 22.3 Å². The highest BCUT2D eigenvalue weighted by Gasteiger charge is 2.15. The maximum Gasteiger partial charge on any atom is 0.387 e. The van der Waals surface area contributed by atoms with Crippen molar-refractivity contribution in [3.8, 4) is 5.75 Å². The van der Waals surface area contributed by atoms with Crippen molar-refractivity contribution < 1.29 is 23.0 Å². The third-order valence-corrected chi connectivity index (χ3v) is 5.39. The number of para-hydroxylation sites is 3. The van der Waals surface area contributed by atoms with Crippen LogP contribution in [-0.4, -0.2) is 41.0 Å². The highest BCUT2D eigenvalue weighted by atomic mass is 32.2. The summed E-state index contributed by atoms with van der Waals surface area (Å²) in [6, 6.07) is 13.0. The molecule has 1 aromatic heterocycles. The Morgan fingerprint density at radius 3 is 2.72 bits per heavy atom. The quantitative estimate of drug-likeness (QED) is 0.261.